The number of hydrogen-bond acceptors (Lipinski definition) is 7. The van der Waals surface area contributed by atoms with Gasteiger partial charge in [-0.2, -0.15) is 0 Å². The highest BCUT2D eigenvalue weighted by molar-refractivity contribution is 8.00. The lowest BCUT2D eigenvalue weighted by atomic mass is 10.2. The second-order valence-corrected chi connectivity index (χ2v) is 7.58. The summed E-state index contributed by atoms with van der Waals surface area (Å²) in [6.07, 6.45) is 0. The lowest BCUT2D eigenvalue weighted by molar-refractivity contribution is -0.120. The molecule has 0 fully saturated rings. The number of benzene rings is 2. The quantitative estimate of drug-likeness (QED) is 0.612. The molecule has 4 rings (SSSR count). The highest BCUT2D eigenvalue weighted by Crippen LogP contribution is 2.32. The second kappa shape index (κ2) is 8.30. The number of carbonyl (C=O) groups excluding carboxylic acids is 1. The number of aromatic nitrogens is 4. The third kappa shape index (κ3) is 4.25. The van der Waals surface area contributed by atoms with E-state index in [-0.39, 0.29) is 18.0 Å². The number of ether oxygens (including phenoxy) is 2. The van der Waals surface area contributed by atoms with Gasteiger partial charge in [-0.25, -0.2) is 4.68 Å². The maximum absolute atomic E-state index is 12.5. The Kier molecular flexibility index (Phi) is 5.43. The van der Waals surface area contributed by atoms with Gasteiger partial charge in [0.1, 0.15) is 0 Å². The zero-order valence-corrected chi connectivity index (χ0v) is 16.1. The minimum atomic E-state index is -0.338. The van der Waals surface area contributed by atoms with Crippen LogP contribution in [0.25, 0.3) is 0 Å². The molecule has 0 aliphatic carbocycles. The number of amides is 1. The normalized spacial score (nSPS) is 13.3. The van der Waals surface area contributed by atoms with Crippen molar-refractivity contribution in [2.75, 3.05) is 6.79 Å². The molecule has 0 spiro atoms. The summed E-state index contributed by atoms with van der Waals surface area (Å²) in [6, 6.07) is 15.6. The van der Waals surface area contributed by atoms with E-state index in [1.54, 1.807) is 4.68 Å². The molecule has 1 aliphatic rings. The van der Waals surface area contributed by atoms with Crippen LogP contribution in [0.5, 0.6) is 11.5 Å². The topological polar surface area (TPSA) is 91.2 Å². The van der Waals surface area contributed by atoms with Crippen LogP contribution in [0, 0.1) is 0 Å². The van der Waals surface area contributed by atoms with E-state index >= 15 is 0 Å². The van der Waals surface area contributed by atoms with Gasteiger partial charge in [0.15, 0.2) is 11.5 Å². The first kappa shape index (κ1) is 18.3. The summed E-state index contributed by atoms with van der Waals surface area (Å²) in [6.45, 7) is 3.04. The summed E-state index contributed by atoms with van der Waals surface area (Å²) in [5, 5.41) is 15.0. The van der Waals surface area contributed by atoms with Crippen molar-refractivity contribution in [3.63, 3.8) is 0 Å². The van der Waals surface area contributed by atoms with Crippen LogP contribution in [-0.2, 0) is 17.9 Å². The molecule has 0 saturated heterocycles. The summed E-state index contributed by atoms with van der Waals surface area (Å²) in [5.74, 6) is 1.34. The minimum absolute atomic E-state index is 0.0862. The van der Waals surface area contributed by atoms with Crippen molar-refractivity contribution in [2.45, 2.75) is 30.4 Å². The van der Waals surface area contributed by atoms with E-state index in [1.807, 2.05) is 55.5 Å². The number of carbonyl (C=O) groups is 1. The largest absolute Gasteiger partial charge is 0.454 e. The molecular weight excluding hydrogens is 378 g/mol. The summed E-state index contributed by atoms with van der Waals surface area (Å²) in [4.78, 5) is 12.5. The van der Waals surface area contributed by atoms with Gasteiger partial charge in [0.05, 0.1) is 11.8 Å². The molecule has 3 aromatic rings. The standard InChI is InChI=1S/C19H19N5O3S/c1-13(18(25)20-10-15-7-8-16-17(9-15)27-12-26-16)28-19-21-22-23-24(19)11-14-5-3-2-4-6-14/h2-9,13H,10-12H2,1H3,(H,20,25). The lowest BCUT2D eigenvalue weighted by Crippen LogP contribution is -2.30. The molecule has 1 N–H and O–H groups in total. The third-order valence-corrected chi connectivity index (χ3v) is 5.30. The first-order valence-corrected chi connectivity index (χ1v) is 9.70. The van der Waals surface area contributed by atoms with Crippen molar-refractivity contribution >= 4 is 17.7 Å². The average Bonchev–Trinajstić information content (AvgIpc) is 3.36. The molecule has 8 nitrogen and oxygen atoms in total. The van der Waals surface area contributed by atoms with Crippen molar-refractivity contribution in [1.29, 1.82) is 0 Å². The summed E-state index contributed by atoms with van der Waals surface area (Å²) < 4.78 is 12.4. The summed E-state index contributed by atoms with van der Waals surface area (Å²) in [7, 11) is 0. The minimum Gasteiger partial charge on any atom is -0.454 e. The van der Waals surface area contributed by atoms with Gasteiger partial charge in [0, 0.05) is 6.54 Å². The van der Waals surface area contributed by atoms with E-state index in [1.165, 1.54) is 11.8 Å². The Morgan fingerprint density at radius 1 is 1.18 bits per heavy atom. The second-order valence-electron chi connectivity index (χ2n) is 6.27. The van der Waals surface area contributed by atoms with Gasteiger partial charge >= 0.3 is 0 Å². The van der Waals surface area contributed by atoms with Crippen molar-refractivity contribution in [2.24, 2.45) is 0 Å². The molecule has 1 amide bonds. The molecule has 0 bridgehead atoms. The first-order valence-electron chi connectivity index (χ1n) is 8.82. The lowest BCUT2D eigenvalue weighted by Gasteiger charge is -2.12. The molecule has 2 heterocycles. The molecule has 1 unspecified atom stereocenters. The maximum atomic E-state index is 12.5. The Hall–Kier alpha value is -3.07. The number of rotatable bonds is 7. The van der Waals surface area contributed by atoms with E-state index in [0.717, 1.165) is 16.9 Å². The van der Waals surface area contributed by atoms with Gasteiger partial charge in [-0.05, 0) is 40.6 Å². The zero-order chi connectivity index (χ0) is 19.3. The van der Waals surface area contributed by atoms with Crippen LogP contribution in [0.3, 0.4) is 0 Å². The molecule has 1 aromatic heterocycles. The molecule has 144 valence electrons. The van der Waals surface area contributed by atoms with E-state index in [0.29, 0.717) is 24.0 Å². The van der Waals surface area contributed by atoms with Gasteiger partial charge in [0.2, 0.25) is 17.9 Å². The monoisotopic (exact) mass is 397 g/mol. The Morgan fingerprint density at radius 2 is 2.00 bits per heavy atom. The van der Waals surface area contributed by atoms with Crippen LogP contribution in [0.1, 0.15) is 18.1 Å². The maximum Gasteiger partial charge on any atom is 0.233 e. The van der Waals surface area contributed by atoms with Gasteiger partial charge in [-0.3, -0.25) is 4.79 Å². The Labute approximate surface area is 166 Å². The van der Waals surface area contributed by atoms with Crippen LogP contribution in [0.15, 0.2) is 53.7 Å². The molecule has 28 heavy (non-hydrogen) atoms. The summed E-state index contributed by atoms with van der Waals surface area (Å²) in [5.41, 5.74) is 2.04. The molecule has 9 heteroatoms. The number of nitrogens with zero attached hydrogens (tertiary/aromatic N) is 4. The smallest absolute Gasteiger partial charge is 0.233 e. The van der Waals surface area contributed by atoms with Crippen LogP contribution in [-0.4, -0.2) is 38.2 Å². The Bertz CT molecular complexity index is 963. The predicted molar refractivity (Wildman–Crippen MR) is 103 cm³/mol. The SMILES string of the molecule is CC(Sc1nnnn1Cc1ccccc1)C(=O)NCc1ccc2c(c1)OCO2. The van der Waals surface area contributed by atoms with Gasteiger partial charge < -0.3 is 14.8 Å². The van der Waals surface area contributed by atoms with Crippen molar-refractivity contribution in [3.8, 4) is 11.5 Å². The predicted octanol–water partition coefficient (Wildman–Crippen LogP) is 2.25. The van der Waals surface area contributed by atoms with Gasteiger partial charge in [0.25, 0.3) is 0 Å². The van der Waals surface area contributed by atoms with E-state index in [9.17, 15) is 4.79 Å². The number of nitrogens with one attached hydrogen (secondary N) is 1. The molecule has 1 atom stereocenters. The van der Waals surface area contributed by atoms with Crippen molar-refractivity contribution < 1.29 is 14.3 Å². The highest BCUT2D eigenvalue weighted by atomic mass is 32.2. The Morgan fingerprint density at radius 3 is 2.86 bits per heavy atom. The number of fused-ring (bicyclic) bond motifs is 1. The van der Waals surface area contributed by atoms with Gasteiger partial charge in [-0.15, -0.1) is 5.10 Å². The zero-order valence-electron chi connectivity index (χ0n) is 15.2. The van der Waals surface area contributed by atoms with E-state index in [2.05, 4.69) is 20.8 Å². The molecule has 0 saturated carbocycles. The first-order chi connectivity index (χ1) is 13.7. The fourth-order valence-electron chi connectivity index (χ4n) is 2.73. The number of thioether (sulfide) groups is 1. The number of tetrazole rings is 1. The van der Waals surface area contributed by atoms with Crippen molar-refractivity contribution in [1.82, 2.24) is 25.5 Å². The van der Waals surface area contributed by atoms with Gasteiger partial charge in [-0.1, -0.05) is 48.2 Å². The average molecular weight is 397 g/mol. The van der Waals surface area contributed by atoms with Crippen molar-refractivity contribution in [3.05, 3.63) is 59.7 Å². The Balaban J connectivity index is 1.33. The van der Waals surface area contributed by atoms with E-state index in [4.69, 9.17) is 9.47 Å². The molecule has 1 aliphatic heterocycles. The number of hydrogen-bond donors (Lipinski definition) is 1. The molecule has 2 aromatic carbocycles. The van der Waals surface area contributed by atoms with Crippen LogP contribution < -0.4 is 14.8 Å². The summed E-state index contributed by atoms with van der Waals surface area (Å²) >= 11 is 1.33. The molecular formula is C19H19N5O3S. The highest BCUT2D eigenvalue weighted by Gasteiger charge is 2.19. The fourth-order valence-corrected chi connectivity index (χ4v) is 3.54. The van der Waals surface area contributed by atoms with E-state index < -0.39 is 0 Å². The molecule has 0 radical (unpaired) electrons. The fraction of sp³-hybridized carbons (Fsp3) is 0.263. The van der Waals surface area contributed by atoms with Crippen LogP contribution in [0.2, 0.25) is 0 Å². The third-order valence-electron chi connectivity index (χ3n) is 4.23. The van der Waals surface area contributed by atoms with Crippen LogP contribution in [0.4, 0.5) is 0 Å². The van der Waals surface area contributed by atoms with Crippen LogP contribution >= 0.6 is 11.8 Å².